The number of hydrogen-bond acceptors (Lipinski definition) is 5. The first-order valence-electron chi connectivity index (χ1n) is 9.09. The summed E-state index contributed by atoms with van der Waals surface area (Å²) in [4.78, 5) is 26.7. The van der Waals surface area contributed by atoms with Gasteiger partial charge in [-0.05, 0) is 44.0 Å². The van der Waals surface area contributed by atoms with Crippen LogP contribution in [0, 0.1) is 13.8 Å². The number of carbonyl (C=O) groups excluding carboxylic acids is 2. The van der Waals surface area contributed by atoms with Gasteiger partial charge in [-0.1, -0.05) is 35.9 Å². The molecule has 148 valence electrons. The van der Waals surface area contributed by atoms with Crippen LogP contribution in [-0.2, 0) is 19.4 Å². The van der Waals surface area contributed by atoms with Crippen LogP contribution in [0.15, 0.2) is 48.5 Å². The number of carbonyl (C=O) groups is 2. The third-order valence-corrected chi connectivity index (χ3v) is 6.56. The SMILES string of the molecule is Cc1ccc(C(=O)OCC(=O)N(c2ccccc2)[C@@H]2CCS(=O)(=O)C2)c(C)c1. The van der Waals surface area contributed by atoms with E-state index in [1.807, 2.05) is 32.0 Å². The average molecular weight is 401 g/mol. The van der Waals surface area contributed by atoms with Gasteiger partial charge in [-0.15, -0.1) is 0 Å². The maximum atomic E-state index is 12.9. The monoisotopic (exact) mass is 401 g/mol. The van der Waals surface area contributed by atoms with Crippen molar-refractivity contribution in [3.8, 4) is 0 Å². The quantitative estimate of drug-likeness (QED) is 0.720. The minimum atomic E-state index is -3.17. The lowest BCUT2D eigenvalue weighted by molar-refractivity contribution is -0.122. The van der Waals surface area contributed by atoms with Gasteiger partial charge in [0.2, 0.25) is 0 Å². The molecule has 1 fully saturated rings. The number of aryl methyl sites for hydroxylation is 2. The Morgan fingerprint density at radius 3 is 2.43 bits per heavy atom. The van der Waals surface area contributed by atoms with E-state index in [-0.39, 0.29) is 11.5 Å². The second-order valence-corrected chi connectivity index (χ2v) is 9.28. The number of esters is 1. The zero-order valence-corrected chi connectivity index (χ0v) is 16.7. The minimum Gasteiger partial charge on any atom is -0.452 e. The maximum absolute atomic E-state index is 12.9. The van der Waals surface area contributed by atoms with Crippen LogP contribution in [0.4, 0.5) is 5.69 Å². The van der Waals surface area contributed by atoms with Crippen LogP contribution in [0.1, 0.15) is 27.9 Å². The number of nitrogens with zero attached hydrogens (tertiary/aromatic N) is 1. The molecule has 7 heteroatoms. The van der Waals surface area contributed by atoms with E-state index < -0.39 is 34.4 Å². The maximum Gasteiger partial charge on any atom is 0.338 e. The number of hydrogen-bond donors (Lipinski definition) is 0. The molecule has 6 nitrogen and oxygen atoms in total. The molecule has 1 amide bonds. The number of amides is 1. The molecule has 0 aliphatic carbocycles. The predicted octanol–water partition coefficient (Wildman–Crippen LogP) is 2.68. The number of benzene rings is 2. The summed E-state index contributed by atoms with van der Waals surface area (Å²) < 4.78 is 29.0. The first-order chi connectivity index (χ1) is 13.3. The van der Waals surface area contributed by atoms with E-state index in [1.54, 1.807) is 30.3 Å². The van der Waals surface area contributed by atoms with Crippen LogP contribution in [0.25, 0.3) is 0 Å². The van der Waals surface area contributed by atoms with E-state index in [9.17, 15) is 18.0 Å². The molecule has 1 atom stereocenters. The van der Waals surface area contributed by atoms with Crippen LogP contribution in [-0.4, -0.2) is 44.4 Å². The topological polar surface area (TPSA) is 80.8 Å². The summed E-state index contributed by atoms with van der Waals surface area (Å²) in [6, 6.07) is 13.8. The molecule has 0 unspecified atom stereocenters. The molecule has 1 aliphatic rings. The predicted molar refractivity (Wildman–Crippen MR) is 107 cm³/mol. The third kappa shape index (κ3) is 4.59. The van der Waals surface area contributed by atoms with Gasteiger partial charge in [-0.25, -0.2) is 13.2 Å². The molecule has 1 aliphatic heterocycles. The molecule has 2 aromatic rings. The van der Waals surface area contributed by atoms with E-state index >= 15 is 0 Å². The van der Waals surface area contributed by atoms with Gasteiger partial charge in [0, 0.05) is 5.69 Å². The highest BCUT2D eigenvalue weighted by atomic mass is 32.2. The highest BCUT2D eigenvalue weighted by Crippen LogP contribution is 2.24. The highest BCUT2D eigenvalue weighted by molar-refractivity contribution is 7.91. The van der Waals surface area contributed by atoms with Crippen molar-refractivity contribution in [1.82, 2.24) is 0 Å². The second kappa shape index (κ2) is 8.14. The Morgan fingerprint density at radius 1 is 1.11 bits per heavy atom. The van der Waals surface area contributed by atoms with Crippen LogP contribution in [0.5, 0.6) is 0 Å². The summed E-state index contributed by atoms with van der Waals surface area (Å²) in [7, 11) is -3.17. The number of ether oxygens (including phenoxy) is 1. The smallest absolute Gasteiger partial charge is 0.338 e. The largest absolute Gasteiger partial charge is 0.452 e. The Labute approximate surface area is 165 Å². The fourth-order valence-corrected chi connectivity index (χ4v) is 5.14. The van der Waals surface area contributed by atoms with E-state index in [1.165, 1.54) is 4.90 Å². The standard InChI is InChI=1S/C21H23NO5S/c1-15-8-9-19(16(2)12-15)21(24)27-13-20(23)22(17-6-4-3-5-7-17)18-10-11-28(25,26)14-18/h3-9,12,18H,10-11,13-14H2,1-2H3/t18-/m1/s1. The first kappa shape index (κ1) is 20.1. The van der Waals surface area contributed by atoms with Gasteiger partial charge in [-0.2, -0.15) is 0 Å². The average Bonchev–Trinajstić information content (AvgIpc) is 3.00. The Bertz CT molecular complexity index is 985. The molecule has 3 rings (SSSR count). The summed E-state index contributed by atoms with van der Waals surface area (Å²) in [5.74, 6) is -1.04. The summed E-state index contributed by atoms with van der Waals surface area (Å²) in [5.41, 5.74) is 2.81. The molecule has 2 aromatic carbocycles. The lowest BCUT2D eigenvalue weighted by Gasteiger charge is -2.28. The van der Waals surface area contributed by atoms with Gasteiger partial charge in [0.15, 0.2) is 16.4 Å². The molecule has 1 heterocycles. The van der Waals surface area contributed by atoms with Crippen molar-refractivity contribution >= 4 is 27.4 Å². The third-order valence-electron chi connectivity index (χ3n) is 4.81. The fourth-order valence-electron chi connectivity index (χ4n) is 3.44. The minimum absolute atomic E-state index is 0.0522. The molecule has 1 saturated heterocycles. The molecule has 28 heavy (non-hydrogen) atoms. The van der Waals surface area contributed by atoms with Crippen LogP contribution >= 0.6 is 0 Å². The molecule has 0 radical (unpaired) electrons. The normalized spacial score (nSPS) is 17.9. The van der Waals surface area contributed by atoms with Crippen molar-refractivity contribution in [1.29, 1.82) is 0 Å². The second-order valence-electron chi connectivity index (χ2n) is 7.05. The van der Waals surface area contributed by atoms with Crippen molar-refractivity contribution in [3.63, 3.8) is 0 Å². The van der Waals surface area contributed by atoms with E-state index in [4.69, 9.17) is 4.74 Å². The molecule has 0 aromatic heterocycles. The van der Waals surface area contributed by atoms with Gasteiger partial charge in [0.05, 0.1) is 23.1 Å². The van der Waals surface area contributed by atoms with Gasteiger partial charge in [-0.3, -0.25) is 4.79 Å². The summed E-state index contributed by atoms with van der Waals surface area (Å²) >= 11 is 0. The summed E-state index contributed by atoms with van der Waals surface area (Å²) in [6.07, 6.45) is 0.369. The number of rotatable bonds is 5. The Morgan fingerprint density at radius 2 is 1.82 bits per heavy atom. The van der Waals surface area contributed by atoms with Gasteiger partial charge in [0.1, 0.15) is 0 Å². The lowest BCUT2D eigenvalue weighted by atomic mass is 10.1. The number of anilines is 1. The molecule has 0 N–H and O–H groups in total. The zero-order valence-electron chi connectivity index (χ0n) is 15.9. The first-order valence-corrected chi connectivity index (χ1v) is 10.9. The summed E-state index contributed by atoms with van der Waals surface area (Å²) in [6.45, 7) is 3.29. The van der Waals surface area contributed by atoms with Crippen molar-refractivity contribution < 1.29 is 22.7 Å². The van der Waals surface area contributed by atoms with Crippen molar-refractivity contribution in [2.75, 3.05) is 23.0 Å². The lowest BCUT2D eigenvalue weighted by Crippen LogP contribution is -2.43. The molecular formula is C21H23NO5S. The molecule has 0 saturated carbocycles. The number of para-hydroxylation sites is 1. The van der Waals surface area contributed by atoms with Crippen molar-refractivity contribution in [3.05, 3.63) is 65.2 Å². The highest BCUT2D eigenvalue weighted by Gasteiger charge is 2.35. The Kier molecular flexibility index (Phi) is 5.84. The molecule has 0 bridgehead atoms. The van der Waals surface area contributed by atoms with Crippen LogP contribution < -0.4 is 4.90 Å². The number of sulfone groups is 1. The summed E-state index contributed by atoms with van der Waals surface area (Å²) in [5, 5.41) is 0. The van der Waals surface area contributed by atoms with Crippen LogP contribution in [0.3, 0.4) is 0 Å². The van der Waals surface area contributed by atoms with Crippen LogP contribution in [0.2, 0.25) is 0 Å². The van der Waals surface area contributed by atoms with Crippen molar-refractivity contribution in [2.45, 2.75) is 26.3 Å². The van der Waals surface area contributed by atoms with E-state index in [0.29, 0.717) is 17.7 Å². The molecule has 0 spiro atoms. The van der Waals surface area contributed by atoms with Gasteiger partial charge < -0.3 is 9.64 Å². The molecular weight excluding hydrogens is 378 g/mol. The van der Waals surface area contributed by atoms with Gasteiger partial charge in [0.25, 0.3) is 5.91 Å². The Hall–Kier alpha value is -2.67. The van der Waals surface area contributed by atoms with Crippen molar-refractivity contribution in [2.24, 2.45) is 0 Å². The zero-order chi connectivity index (χ0) is 20.3. The fraction of sp³-hybridized carbons (Fsp3) is 0.333. The van der Waals surface area contributed by atoms with Gasteiger partial charge >= 0.3 is 5.97 Å². The van der Waals surface area contributed by atoms with E-state index in [0.717, 1.165) is 11.1 Å². The van der Waals surface area contributed by atoms with E-state index in [2.05, 4.69) is 0 Å². The Balaban J connectivity index is 1.75.